The van der Waals surface area contributed by atoms with Gasteiger partial charge in [0.2, 0.25) is 0 Å². The molecule has 0 heterocycles. The van der Waals surface area contributed by atoms with Crippen molar-refractivity contribution in [3.63, 3.8) is 0 Å². The first-order valence-corrected chi connectivity index (χ1v) is 3.30. The van der Waals surface area contributed by atoms with E-state index in [9.17, 15) is 0 Å². The molecule has 0 N–H and O–H groups in total. The van der Waals surface area contributed by atoms with Crippen LogP contribution in [0.4, 0.5) is 0 Å². The van der Waals surface area contributed by atoms with Crippen LogP contribution in [0.2, 0.25) is 0 Å². The van der Waals surface area contributed by atoms with Gasteiger partial charge in [0.05, 0.1) is 0 Å². The average Bonchev–Trinajstić information content (AvgIpc) is 2.36. The van der Waals surface area contributed by atoms with Gasteiger partial charge in [-0.3, -0.25) is 0 Å². The van der Waals surface area contributed by atoms with Crippen molar-refractivity contribution < 1.29 is 0 Å². The molecule has 2 rings (SSSR count). The molecule has 1 saturated carbocycles. The SMILES string of the molecule is C1=CC[C@H]2C[C@H]2C=C1. The highest BCUT2D eigenvalue weighted by Gasteiger charge is 2.33. The van der Waals surface area contributed by atoms with Gasteiger partial charge in [0.1, 0.15) is 0 Å². The maximum Gasteiger partial charge on any atom is -0.0196 e. The molecular weight excluding hydrogens is 96.1 g/mol. The van der Waals surface area contributed by atoms with E-state index in [2.05, 4.69) is 24.3 Å². The summed E-state index contributed by atoms with van der Waals surface area (Å²) < 4.78 is 0. The highest BCUT2D eigenvalue weighted by atomic mass is 14.4. The predicted octanol–water partition coefficient (Wildman–Crippen LogP) is 2.14. The Labute approximate surface area is 49.9 Å². The van der Waals surface area contributed by atoms with Crippen molar-refractivity contribution in [3.8, 4) is 0 Å². The summed E-state index contributed by atoms with van der Waals surface area (Å²) in [5.41, 5.74) is 0. The van der Waals surface area contributed by atoms with Crippen LogP contribution >= 0.6 is 0 Å². The van der Waals surface area contributed by atoms with Crippen LogP contribution in [0.3, 0.4) is 0 Å². The number of fused-ring (bicyclic) bond motifs is 1. The van der Waals surface area contributed by atoms with E-state index in [1.54, 1.807) is 0 Å². The molecular formula is C8H10. The predicted molar refractivity (Wildman–Crippen MR) is 34.5 cm³/mol. The van der Waals surface area contributed by atoms with Crippen LogP contribution in [0.15, 0.2) is 24.3 Å². The first-order valence-electron chi connectivity index (χ1n) is 3.30. The smallest absolute Gasteiger partial charge is 0.0196 e. The summed E-state index contributed by atoms with van der Waals surface area (Å²) in [6, 6.07) is 0. The maximum absolute atomic E-state index is 2.33. The Morgan fingerprint density at radius 2 is 2.25 bits per heavy atom. The van der Waals surface area contributed by atoms with Crippen molar-refractivity contribution in [1.29, 1.82) is 0 Å². The lowest BCUT2D eigenvalue weighted by Crippen LogP contribution is -1.70. The zero-order valence-corrected chi connectivity index (χ0v) is 4.88. The second-order valence-electron chi connectivity index (χ2n) is 2.71. The number of rotatable bonds is 0. The molecule has 2 aliphatic carbocycles. The van der Waals surface area contributed by atoms with Crippen molar-refractivity contribution in [1.82, 2.24) is 0 Å². The Morgan fingerprint density at radius 3 is 3.25 bits per heavy atom. The second kappa shape index (κ2) is 1.48. The molecule has 0 radical (unpaired) electrons. The molecule has 1 fully saturated rings. The lowest BCUT2D eigenvalue weighted by Gasteiger charge is -1.81. The van der Waals surface area contributed by atoms with Gasteiger partial charge in [-0.25, -0.2) is 0 Å². The molecule has 0 saturated heterocycles. The van der Waals surface area contributed by atoms with E-state index in [4.69, 9.17) is 0 Å². The van der Waals surface area contributed by atoms with Crippen molar-refractivity contribution >= 4 is 0 Å². The normalized spacial score (nSPS) is 41.0. The van der Waals surface area contributed by atoms with Crippen molar-refractivity contribution in [2.75, 3.05) is 0 Å². The van der Waals surface area contributed by atoms with Gasteiger partial charge in [0.25, 0.3) is 0 Å². The van der Waals surface area contributed by atoms with Crippen LogP contribution in [0, 0.1) is 11.8 Å². The van der Waals surface area contributed by atoms with Crippen LogP contribution < -0.4 is 0 Å². The monoisotopic (exact) mass is 106 g/mol. The fraction of sp³-hybridized carbons (Fsp3) is 0.500. The first kappa shape index (κ1) is 4.37. The quantitative estimate of drug-likeness (QED) is 0.444. The zero-order valence-electron chi connectivity index (χ0n) is 4.88. The molecule has 0 aliphatic heterocycles. The summed E-state index contributed by atoms with van der Waals surface area (Å²) in [5, 5.41) is 0. The molecule has 0 aromatic heterocycles. The molecule has 0 amide bonds. The molecule has 2 atom stereocenters. The number of hydrogen-bond donors (Lipinski definition) is 0. The van der Waals surface area contributed by atoms with Crippen LogP contribution in [-0.2, 0) is 0 Å². The third-order valence-electron chi connectivity index (χ3n) is 2.02. The van der Waals surface area contributed by atoms with Gasteiger partial charge >= 0.3 is 0 Å². The fourth-order valence-electron chi connectivity index (χ4n) is 1.32. The molecule has 2 aliphatic rings. The zero-order chi connectivity index (χ0) is 5.40. The Bertz CT molecular complexity index is 142. The van der Waals surface area contributed by atoms with Gasteiger partial charge in [-0.15, -0.1) is 0 Å². The largest absolute Gasteiger partial charge is 0.0843 e. The van der Waals surface area contributed by atoms with Crippen LogP contribution in [0.25, 0.3) is 0 Å². The Hall–Kier alpha value is -0.520. The Kier molecular flexibility index (Phi) is 0.806. The minimum atomic E-state index is 0.949. The van der Waals surface area contributed by atoms with Crippen molar-refractivity contribution in [2.24, 2.45) is 11.8 Å². The van der Waals surface area contributed by atoms with Gasteiger partial charge in [0.15, 0.2) is 0 Å². The number of hydrogen-bond acceptors (Lipinski definition) is 0. The highest BCUT2D eigenvalue weighted by Crippen LogP contribution is 2.43. The van der Waals surface area contributed by atoms with E-state index in [0.29, 0.717) is 0 Å². The second-order valence-corrected chi connectivity index (χ2v) is 2.71. The summed E-state index contributed by atoms with van der Waals surface area (Å²) >= 11 is 0. The summed E-state index contributed by atoms with van der Waals surface area (Å²) in [7, 11) is 0. The average molecular weight is 106 g/mol. The highest BCUT2D eigenvalue weighted by molar-refractivity contribution is 5.15. The summed E-state index contributed by atoms with van der Waals surface area (Å²) in [5.74, 6) is 1.97. The van der Waals surface area contributed by atoms with E-state index in [1.165, 1.54) is 12.8 Å². The van der Waals surface area contributed by atoms with Gasteiger partial charge in [-0.05, 0) is 24.7 Å². The standard InChI is InChI=1S/C8H10/c1-2-4-7-6-8(7)5-3-1/h1-4,7-8H,5-6H2/t7-,8+/m1/s1. The molecule has 8 heavy (non-hydrogen) atoms. The van der Waals surface area contributed by atoms with Crippen LogP contribution in [-0.4, -0.2) is 0 Å². The van der Waals surface area contributed by atoms with E-state index in [1.807, 2.05) is 0 Å². The Balaban J connectivity index is 2.14. The van der Waals surface area contributed by atoms with Gasteiger partial charge in [0, 0.05) is 0 Å². The minimum Gasteiger partial charge on any atom is -0.0843 e. The minimum absolute atomic E-state index is 0.949. The molecule has 0 spiro atoms. The summed E-state index contributed by atoms with van der Waals surface area (Å²) in [4.78, 5) is 0. The molecule has 0 aromatic rings. The fourth-order valence-corrected chi connectivity index (χ4v) is 1.32. The van der Waals surface area contributed by atoms with E-state index < -0.39 is 0 Å². The molecule has 0 unspecified atom stereocenters. The van der Waals surface area contributed by atoms with Gasteiger partial charge in [-0.1, -0.05) is 24.3 Å². The topological polar surface area (TPSA) is 0 Å². The molecule has 42 valence electrons. The van der Waals surface area contributed by atoms with Gasteiger partial charge < -0.3 is 0 Å². The lowest BCUT2D eigenvalue weighted by atomic mass is 10.2. The third-order valence-corrected chi connectivity index (χ3v) is 2.02. The molecule has 0 nitrogen and oxygen atoms in total. The summed E-state index contributed by atoms with van der Waals surface area (Å²) in [6.45, 7) is 0. The van der Waals surface area contributed by atoms with Gasteiger partial charge in [-0.2, -0.15) is 0 Å². The molecule has 0 bridgehead atoms. The van der Waals surface area contributed by atoms with E-state index in [0.717, 1.165) is 11.8 Å². The summed E-state index contributed by atoms with van der Waals surface area (Å²) in [6.07, 6.45) is 11.7. The van der Waals surface area contributed by atoms with Crippen molar-refractivity contribution in [3.05, 3.63) is 24.3 Å². The van der Waals surface area contributed by atoms with Crippen molar-refractivity contribution in [2.45, 2.75) is 12.8 Å². The Morgan fingerprint density at radius 1 is 1.25 bits per heavy atom. The molecule has 0 heteroatoms. The van der Waals surface area contributed by atoms with Crippen LogP contribution in [0.5, 0.6) is 0 Å². The number of allylic oxidation sites excluding steroid dienone is 4. The lowest BCUT2D eigenvalue weighted by molar-refractivity contribution is 0.813. The molecule has 0 aromatic carbocycles. The first-order chi connectivity index (χ1) is 3.97. The van der Waals surface area contributed by atoms with Crippen LogP contribution in [0.1, 0.15) is 12.8 Å². The maximum atomic E-state index is 2.33. The van der Waals surface area contributed by atoms with E-state index >= 15 is 0 Å². The van der Waals surface area contributed by atoms with E-state index in [-0.39, 0.29) is 0 Å². The third kappa shape index (κ3) is 0.605.